The standard InChI is InChI=1S/C11H15N3O3S/c1-7-9(3-2-4-12-7)13-11(15)8-5-10(14(16)17)18-6-8/h5-7,9,12H,2-4H2,1H3,(H,13,15). The van der Waals surface area contributed by atoms with E-state index in [1.54, 1.807) is 0 Å². The third kappa shape index (κ3) is 2.85. The first kappa shape index (κ1) is 13.0. The van der Waals surface area contributed by atoms with Crippen molar-refractivity contribution in [3.05, 3.63) is 27.1 Å². The van der Waals surface area contributed by atoms with Gasteiger partial charge in [-0.15, -0.1) is 0 Å². The first-order valence-electron chi connectivity index (χ1n) is 5.85. The first-order chi connectivity index (χ1) is 8.58. The molecular formula is C11H15N3O3S. The molecule has 1 saturated heterocycles. The number of nitrogens with one attached hydrogen (secondary N) is 2. The van der Waals surface area contributed by atoms with Crippen LogP contribution in [0.5, 0.6) is 0 Å². The highest BCUT2D eigenvalue weighted by Crippen LogP contribution is 2.22. The van der Waals surface area contributed by atoms with Crippen LogP contribution in [-0.2, 0) is 0 Å². The van der Waals surface area contributed by atoms with E-state index in [0.717, 1.165) is 30.7 Å². The van der Waals surface area contributed by atoms with E-state index in [9.17, 15) is 14.9 Å². The summed E-state index contributed by atoms with van der Waals surface area (Å²) < 4.78 is 0. The number of nitrogens with zero attached hydrogens (tertiary/aromatic N) is 1. The van der Waals surface area contributed by atoms with Gasteiger partial charge in [-0.1, -0.05) is 11.3 Å². The molecule has 0 aromatic carbocycles. The van der Waals surface area contributed by atoms with Crippen LogP contribution < -0.4 is 10.6 Å². The Kier molecular flexibility index (Phi) is 3.93. The number of carbonyl (C=O) groups is 1. The Morgan fingerprint density at radius 2 is 2.44 bits per heavy atom. The molecule has 1 aromatic rings. The molecule has 2 heterocycles. The average Bonchev–Trinajstić information content (AvgIpc) is 2.81. The molecule has 2 rings (SSSR count). The summed E-state index contributed by atoms with van der Waals surface area (Å²) in [4.78, 5) is 22.0. The van der Waals surface area contributed by atoms with Crippen molar-refractivity contribution >= 4 is 22.2 Å². The normalized spacial score (nSPS) is 23.6. The SMILES string of the molecule is CC1NCCCC1NC(=O)c1csc([N+](=O)[O-])c1. The van der Waals surface area contributed by atoms with Crippen molar-refractivity contribution < 1.29 is 9.72 Å². The predicted octanol–water partition coefficient (Wildman–Crippen LogP) is 1.53. The predicted molar refractivity (Wildman–Crippen MR) is 68.9 cm³/mol. The van der Waals surface area contributed by atoms with Gasteiger partial charge in [0.05, 0.1) is 10.5 Å². The topological polar surface area (TPSA) is 84.3 Å². The van der Waals surface area contributed by atoms with Crippen molar-refractivity contribution in [1.82, 2.24) is 10.6 Å². The fourth-order valence-corrected chi connectivity index (χ4v) is 2.74. The molecule has 0 saturated carbocycles. The maximum atomic E-state index is 11.9. The summed E-state index contributed by atoms with van der Waals surface area (Å²) in [5, 5.41) is 18.3. The summed E-state index contributed by atoms with van der Waals surface area (Å²) in [6, 6.07) is 1.64. The van der Waals surface area contributed by atoms with Gasteiger partial charge in [-0.25, -0.2) is 0 Å². The zero-order chi connectivity index (χ0) is 13.1. The van der Waals surface area contributed by atoms with Crippen LogP contribution in [0.1, 0.15) is 30.1 Å². The Hall–Kier alpha value is -1.47. The Labute approximate surface area is 109 Å². The minimum Gasteiger partial charge on any atom is -0.348 e. The van der Waals surface area contributed by atoms with E-state index in [1.807, 2.05) is 6.92 Å². The molecule has 1 aromatic heterocycles. The van der Waals surface area contributed by atoms with Gasteiger partial charge in [-0.2, -0.15) is 0 Å². The molecule has 98 valence electrons. The second-order valence-corrected chi connectivity index (χ2v) is 5.29. The number of amides is 1. The molecule has 0 spiro atoms. The second kappa shape index (κ2) is 5.45. The average molecular weight is 269 g/mol. The zero-order valence-corrected chi connectivity index (χ0v) is 10.8. The zero-order valence-electron chi connectivity index (χ0n) is 10.0. The monoisotopic (exact) mass is 269 g/mol. The number of nitro groups is 1. The van der Waals surface area contributed by atoms with Crippen LogP contribution in [0.4, 0.5) is 5.00 Å². The number of hydrogen-bond donors (Lipinski definition) is 2. The number of thiophene rings is 1. The number of piperidine rings is 1. The lowest BCUT2D eigenvalue weighted by Crippen LogP contribution is -2.51. The maximum Gasteiger partial charge on any atom is 0.324 e. The van der Waals surface area contributed by atoms with Gasteiger partial charge in [0.15, 0.2) is 0 Å². The lowest BCUT2D eigenvalue weighted by atomic mass is 9.99. The van der Waals surface area contributed by atoms with Gasteiger partial charge in [0.25, 0.3) is 5.91 Å². The molecule has 1 aliphatic heterocycles. The second-order valence-electron chi connectivity index (χ2n) is 4.40. The van der Waals surface area contributed by atoms with Crippen molar-refractivity contribution in [3.8, 4) is 0 Å². The third-order valence-electron chi connectivity index (χ3n) is 3.11. The van der Waals surface area contributed by atoms with E-state index >= 15 is 0 Å². The summed E-state index contributed by atoms with van der Waals surface area (Å²) in [5.74, 6) is -0.236. The van der Waals surface area contributed by atoms with Gasteiger partial charge in [-0.05, 0) is 26.3 Å². The molecule has 1 aliphatic rings. The van der Waals surface area contributed by atoms with E-state index in [1.165, 1.54) is 11.4 Å². The molecule has 2 unspecified atom stereocenters. The van der Waals surface area contributed by atoms with Gasteiger partial charge in [-0.3, -0.25) is 14.9 Å². The highest BCUT2D eigenvalue weighted by Gasteiger charge is 2.24. The van der Waals surface area contributed by atoms with Crippen LogP contribution in [0.15, 0.2) is 11.4 Å². The molecule has 2 N–H and O–H groups in total. The smallest absolute Gasteiger partial charge is 0.324 e. The Morgan fingerprint density at radius 1 is 1.67 bits per heavy atom. The lowest BCUT2D eigenvalue weighted by molar-refractivity contribution is -0.380. The Balaban J connectivity index is 2.00. The maximum absolute atomic E-state index is 11.9. The number of rotatable bonds is 3. The van der Waals surface area contributed by atoms with E-state index in [2.05, 4.69) is 10.6 Å². The lowest BCUT2D eigenvalue weighted by Gasteiger charge is -2.30. The Bertz CT molecular complexity index is 460. The van der Waals surface area contributed by atoms with E-state index in [4.69, 9.17) is 0 Å². The fraction of sp³-hybridized carbons (Fsp3) is 0.545. The van der Waals surface area contributed by atoms with Crippen molar-refractivity contribution in [1.29, 1.82) is 0 Å². The summed E-state index contributed by atoms with van der Waals surface area (Å²) >= 11 is 0.973. The van der Waals surface area contributed by atoms with Crippen molar-refractivity contribution in [2.24, 2.45) is 0 Å². The third-order valence-corrected chi connectivity index (χ3v) is 3.99. The Morgan fingerprint density at radius 3 is 3.06 bits per heavy atom. The van der Waals surface area contributed by atoms with E-state index < -0.39 is 4.92 Å². The van der Waals surface area contributed by atoms with Crippen molar-refractivity contribution in [2.75, 3.05) is 6.54 Å². The molecule has 1 fully saturated rings. The molecule has 0 aliphatic carbocycles. The summed E-state index contributed by atoms with van der Waals surface area (Å²) in [5.41, 5.74) is 0.365. The van der Waals surface area contributed by atoms with Crippen molar-refractivity contribution in [2.45, 2.75) is 31.8 Å². The minimum atomic E-state index is -0.480. The number of hydrogen-bond acceptors (Lipinski definition) is 5. The molecule has 18 heavy (non-hydrogen) atoms. The quantitative estimate of drug-likeness (QED) is 0.643. The molecule has 0 bridgehead atoms. The first-order valence-corrected chi connectivity index (χ1v) is 6.73. The summed E-state index contributed by atoms with van der Waals surface area (Å²) in [6.45, 7) is 3.00. The van der Waals surface area contributed by atoms with Crippen LogP contribution in [0.25, 0.3) is 0 Å². The molecular weight excluding hydrogens is 254 g/mol. The molecule has 7 heteroatoms. The molecule has 1 amide bonds. The molecule has 2 atom stereocenters. The van der Waals surface area contributed by atoms with Gasteiger partial charge >= 0.3 is 5.00 Å². The highest BCUT2D eigenvalue weighted by molar-refractivity contribution is 7.13. The van der Waals surface area contributed by atoms with E-state index in [0.29, 0.717) is 5.56 Å². The van der Waals surface area contributed by atoms with Crippen LogP contribution in [0.3, 0.4) is 0 Å². The van der Waals surface area contributed by atoms with Gasteiger partial charge < -0.3 is 10.6 Å². The summed E-state index contributed by atoms with van der Waals surface area (Å²) in [6.07, 6.45) is 1.96. The minimum absolute atomic E-state index is 0.00466. The molecule has 6 nitrogen and oxygen atoms in total. The van der Waals surface area contributed by atoms with Gasteiger partial charge in [0.2, 0.25) is 0 Å². The van der Waals surface area contributed by atoms with Gasteiger partial charge in [0.1, 0.15) is 0 Å². The van der Waals surface area contributed by atoms with Crippen LogP contribution in [0.2, 0.25) is 0 Å². The van der Waals surface area contributed by atoms with Crippen LogP contribution in [-0.4, -0.2) is 29.5 Å². The van der Waals surface area contributed by atoms with Crippen LogP contribution >= 0.6 is 11.3 Å². The van der Waals surface area contributed by atoms with Gasteiger partial charge in [0, 0.05) is 23.5 Å². The fourth-order valence-electron chi connectivity index (χ4n) is 2.03. The largest absolute Gasteiger partial charge is 0.348 e. The van der Waals surface area contributed by atoms with E-state index in [-0.39, 0.29) is 23.0 Å². The highest BCUT2D eigenvalue weighted by atomic mass is 32.1. The van der Waals surface area contributed by atoms with Crippen molar-refractivity contribution in [3.63, 3.8) is 0 Å². The molecule has 0 radical (unpaired) electrons. The van der Waals surface area contributed by atoms with Crippen LogP contribution in [0, 0.1) is 10.1 Å². The summed E-state index contributed by atoms with van der Waals surface area (Å²) in [7, 11) is 0. The number of carbonyl (C=O) groups excluding carboxylic acids is 1.